The predicted molar refractivity (Wildman–Crippen MR) is 128 cm³/mol. The van der Waals surface area contributed by atoms with E-state index in [9.17, 15) is 15.3 Å². The maximum absolute atomic E-state index is 11.9. The van der Waals surface area contributed by atoms with Crippen LogP contribution < -0.4 is 0 Å². The van der Waals surface area contributed by atoms with Crippen molar-refractivity contribution in [3.05, 3.63) is 23.8 Å². The van der Waals surface area contributed by atoms with E-state index in [1.165, 1.54) is 5.57 Å². The Morgan fingerprint density at radius 1 is 1.21 bits per heavy atom. The summed E-state index contributed by atoms with van der Waals surface area (Å²) >= 11 is 0. The molecule has 0 unspecified atom stereocenters. The van der Waals surface area contributed by atoms with Crippen LogP contribution in [-0.2, 0) is 9.68 Å². The third kappa shape index (κ3) is 3.58. The van der Waals surface area contributed by atoms with Gasteiger partial charge < -0.3 is 25.0 Å². The van der Waals surface area contributed by atoms with Crippen molar-refractivity contribution >= 4 is 11.4 Å². The fourth-order valence-electron chi connectivity index (χ4n) is 7.81. The third-order valence-electron chi connectivity index (χ3n) is 9.21. The van der Waals surface area contributed by atoms with Crippen molar-refractivity contribution in [1.82, 2.24) is 0 Å². The molecule has 4 aliphatic rings. The quantitative estimate of drug-likeness (QED) is 0.416. The Hall–Kier alpha value is -1.70. The van der Waals surface area contributed by atoms with Crippen LogP contribution in [-0.4, -0.2) is 58.3 Å². The molecule has 3 saturated carbocycles. The SMILES string of the molecule is CCO/N=C1\C=C[C@@]2(C)C(=C1)[C@@H](C)C[C@@H]1[C@@H]2[C@@H](O)C[C@@]2(C)[C@H]1CC[C@]2(O)/C(CO)=N/OCC. The minimum absolute atomic E-state index is 0.0617. The molecule has 0 radical (unpaired) electrons. The van der Waals surface area contributed by atoms with Gasteiger partial charge in [-0.2, -0.15) is 0 Å². The summed E-state index contributed by atoms with van der Waals surface area (Å²) in [5, 5.41) is 41.9. The zero-order chi connectivity index (χ0) is 24.0. The molecule has 8 atom stereocenters. The molecular formula is C26H40N2O5. The number of aliphatic hydroxyl groups is 3. The van der Waals surface area contributed by atoms with E-state index < -0.39 is 17.1 Å². The molecule has 0 aromatic heterocycles. The van der Waals surface area contributed by atoms with Crippen molar-refractivity contribution in [1.29, 1.82) is 0 Å². The number of allylic oxidation sites excluding steroid dienone is 4. The summed E-state index contributed by atoms with van der Waals surface area (Å²) in [6.07, 6.45) is 8.55. The van der Waals surface area contributed by atoms with Crippen LogP contribution in [0.4, 0.5) is 0 Å². The number of oxime groups is 2. The molecule has 7 nitrogen and oxygen atoms in total. The van der Waals surface area contributed by atoms with Crippen LogP contribution in [0.1, 0.15) is 60.3 Å². The van der Waals surface area contributed by atoms with Crippen molar-refractivity contribution in [2.45, 2.75) is 72.0 Å². The Labute approximate surface area is 197 Å². The lowest BCUT2D eigenvalue weighted by atomic mass is 9.44. The summed E-state index contributed by atoms with van der Waals surface area (Å²) in [5.41, 5.74) is 0.268. The largest absolute Gasteiger partial charge is 0.396 e. The van der Waals surface area contributed by atoms with E-state index in [2.05, 4.69) is 43.2 Å². The normalized spacial score (nSPS) is 45.8. The van der Waals surface area contributed by atoms with Gasteiger partial charge in [0.2, 0.25) is 0 Å². The second-order valence-corrected chi connectivity index (χ2v) is 10.8. The maximum atomic E-state index is 11.9. The van der Waals surface area contributed by atoms with Gasteiger partial charge in [-0.1, -0.05) is 42.7 Å². The van der Waals surface area contributed by atoms with Gasteiger partial charge in [0.15, 0.2) is 0 Å². The molecule has 3 N–H and O–H groups in total. The Morgan fingerprint density at radius 2 is 1.94 bits per heavy atom. The molecule has 0 amide bonds. The fourth-order valence-corrected chi connectivity index (χ4v) is 7.81. The van der Waals surface area contributed by atoms with Crippen LogP contribution in [0.15, 0.2) is 34.1 Å². The molecule has 0 saturated heterocycles. The molecule has 4 aliphatic carbocycles. The van der Waals surface area contributed by atoms with Crippen molar-refractivity contribution in [2.75, 3.05) is 19.8 Å². The topological polar surface area (TPSA) is 104 Å². The Morgan fingerprint density at radius 3 is 2.61 bits per heavy atom. The predicted octanol–water partition coefficient (Wildman–Crippen LogP) is 3.45. The molecular weight excluding hydrogens is 420 g/mol. The number of rotatable bonds is 6. The number of nitrogens with zero attached hydrogens (tertiary/aromatic N) is 2. The van der Waals surface area contributed by atoms with Gasteiger partial charge in [0.05, 0.1) is 12.7 Å². The highest BCUT2D eigenvalue weighted by Crippen LogP contribution is 2.67. The minimum atomic E-state index is -1.28. The Balaban J connectivity index is 1.71. The van der Waals surface area contributed by atoms with E-state index >= 15 is 0 Å². The van der Waals surface area contributed by atoms with E-state index in [0.29, 0.717) is 32.0 Å². The lowest BCUT2D eigenvalue weighted by Crippen LogP contribution is -2.62. The van der Waals surface area contributed by atoms with Gasteiger partial charge in [-0.25, -0.2) is 0 Å². The zero-order valence-electron chi connectivity index (χ0n) is 20.6. The van der Waals surface area contributed by atoms with Crippen LogP contribution in [0.5, 0.6) is 0 Å². The Bertz CT molecular complexity index is 882. The molecule has 0 aromatic carbocycles. The molecule has 0 aromatic rings. The summed E-state index contributed by atoms with van der Waals surface area (Å²) in [7, 11) is 0. The second-order valence-electron chi connectivity index (χ2n) is 10.8. The summed E-state index contributed by atoms with van der Waals surface area (Å²) < 4.78 is 0. The molecule has 0 bridgehead atoms. The number of hydrogen-bond donors (Lipinski definition) is 3. The van der Waals surface area contributed by atoms with Gasteiger partial charge in [-0.15, -0.1) is 0 Å². The fraction of sp³-hybridized carbons (Fsp3) is 0.769. The van der Waals surface area contributed by atoms with Crippen LogP contribution in [0.3, 0.4) is 0 Å². The van der Waals surface area contributed by atoms with E-state index in [1.807, 2.05) is 19.9 Å². The highest BCUT2D eigenvalue weighted by molar-refractivity contribution is 6.05. The zero-order valence-corrected chi connectivity index (χ0v) is 20.6. The average molecular weight is 461 g/mol. The van der Waals surface area contributed by atoms with Gasteiger partial charge in [-0.3, -0.25) is 0 Å². The first kappa shape index (κ1) is 24.4. The highest BCUT2D eigenvalue weighted by Gasteiger charge is 2.68. The van der Waals surface area contributed by atoms with Gasteiger partial charge in [0.1, 0.15) is 30.2 Å². The molecule has 4 rings (SSSR count). The number of hydrogen-bond acceptors (Lipinski definition) is 7. The molecule has 33 heavy (non-hydrogen) atoms. The summed E-state index contributed by atoms with van der Waals surface area (Å²) in [4.78, 5) is 10.5. The molecule has 0 aliphatic heterocycles. The van der Waals surface area contributed by atoms with Gasteiger partial charge >= 0.3 is 0 Å². The highest BCUT2D eigenvalue weighted by atomic mass is 16.6. The molecule has 0 spiro atoms. The van der Waals surface area contributed by atoms with E-state index in [0.717, 1.165) is 18.6 Å². The third-order valence-corrected chi connectivity index (χ3v) is 9.21. The summed E-state index contributed by atoms with van der Waals surface area (Å²) in [6.45, 7) is 10.9. The van der Waals surface area contributed by atoms with Crippen molar-refractivity contribution < 1.29 is 25.0 Å². The van der Waals surface area contributed by atoms with Crippen LogP contribution in [0.25, 0.3) is 0 Å². The van der Waals surface area contributed by atoms with Gasteiger partial charge in [0.25, 0.3) is 0 Å². The van der Waals surface area contributed by atoms with Crippen molar-refractivity contribution in [3.8, 4) is 0 Å². The second kappa shape index (κ2) is 8.82. The van der Waals surface area contributed by atoms with Crippen LogP contribution in [0, 0.1) is 34.5 Å². The van der Waals surface area contributed by atoms with Gasteiger partial charge in [-0.05, 0) is 69.4 Å². The van der Waals surface area contributed by atoms with Gasteiger partial charge in [0, 0.05) is 16.7 Å². The smallest absolute Gasteiger partial charge is 0.115 e. The van der Waals surface area contributed by atoms with E-state index in [1.54, 1.807) is 0 Å². The Kier molecular flexibility index (Phi) is 6.53. The number of aliphatic hydroxyl groups excluding tert-OH is 2. The van der Waals surface area contributed by atoms with E-state index in [4.69, 9.17) is 9.68 Å². The monoisotopic (exact) mass is 460 g/mol. The first-order valence-electron chi connectivity index (χ1n) is 12.5. The lowest BCUT2D eigenvalue weighted by molar-refractivity contribution is -0.148. The lowest BCUT2D eigenvalue weighted by Gasteiger charge is -2.61. The molecule has 3 fully saturated rings. The number of fused-ring (bicyclic) bond motifs is 5. The maximum Gasteiger partial charge on any atom is 0.115 e. The standard InChI is InChI=1S/C26H40N2O5/c1-6-32-27-17-8-10-24(4)20(13-17)16(3)12-18-19-9-11-26(31,22(15-29)28-33-7-2)25(19,5)14-21(30)23(18)24/h8,10,13,16,18-19,21,23,29-31H,6-7,9,11-12,14-15H2,1-5H3/b27-17+,28-22+/t16-,18-,19-,21-,23+,24-,25-,26-/m0/s1. The first-order chi connectivity index (χ1) is 15.7. The van der Waals surface area contributed by atoms with E-state index in [-0.39, 0.29) is 35.5 Å². The first-order valence-corrected chi connectivity index (χ1v) is 12.5. The summed E-state index contributed by atoms with van der Waals surface area (Å²) in [6, 6.07) is 0. The van der Waals surface area contributed by atoms with Crippen LogP contribution >= 0.6 is 0 Å². The van der Waals surface area contributed by atoms with Crippen molar-refractivity contribution in [3.63, 3.8) is 0 Å². The molecule has 184 valence electrons. The average Bonchev–Trinajstić information content (AvgIpc) is 3.04. The summed E-state index contributed by atoms with van der Waals surface area (Å²) in [5.74, 6) is 0.867. The molecule has 7 heteroatoms. The van der Waals surface area contributed by atoms with Crippen LogP contribution in [0.2, 0.25) is 0 Å². The van der Waals surface area contributed by atoms with Crippen molar-refractivity contribution in [2.24, 2.45) is 44.8 Å². The molecule has 0 heterocycles. The minimum Gasteiger partial charge on any atom is -0.396 e.